The number of methoxy groups -OCH3 is 1. The lowest BCUT2D eigenvalue weighted by Gasteiger charge is -2.21. The van der Waals surface area contributed by atoms with Crippen LogP contribution in [-0.2, 0) is 16.1 Å². The molecular formula is C18H16F3NO4. The molecule has 1 heterocycles. The average molecular weight is 367 g/mol. The molecule has 0 N–H and O–H groups in total. The van der Waals surface area contributed by atoms with Crippen molar-refractivity contribution in [3.63, 3.8) is 0 Å². The molecule has 2 aromatic rings. The molecule has 0 fully saturated rings. The van der Waals surface area contributed by atoms with Crippen LogP contribution < -0.4 is 0 Å². The van der Waals surface area contributed by atoms with Crippen molar-refractivity contribution in [1.29, 1.82) is 0 Å². The Morgan fingerprint density at radius 1 is 1.19 bits per heavy atom. The van der Waals surface area contributed by atoms with Crippen LogP contribution in [-0.4, -0.2) is 36.6 Å². The van der Waals surface area contributed by atoms with Crippen molar-refractivity contribution >= 4 is 18.0 Å². The third-order valence-electron chi connectivity index (χ3n) is 3.36. The van der Waals surface area contributed by atoms with E-state index in [9.17, 15) is 22.8 Å². The molecule has 0 saturated carbocycles. The van der Waals surface area contributed by atoms with Crippen molar-refractivity contribution in [1.82, 2.24) is 4.90 Å². The lowest BCUT2D eigenvalue weighted by Crippen LogP contribution is -2.37. The molecule has 0 atom stereocenters. The van der Waals surface area contributed by atoms with Crippen LogP contribution in [0.25, 0.3) is 6.08 Å². The van der Waals surface area contributed by atoms with E-state index in [2.05, 4.69) is 4.74 Å². The van der Waals surface area contributed by atoms with Crippen LogP contribution in [0.1, 0.15) is 21.7 Å². The van der Waals surface area contributed by atoms with Crippen LogP contribution in [0, 0.1) is 0 Å². The monoisotopic (exact) mass is 367 g/mol. The summed E-state index contributed by atoms with van der Waals surface area (Å²) in [6.07, 6.45) is -0.792. The Morgan fingerprint density at radius 2 is 1.88 bits per heavy atom. The number of rotatable bonds is 6. The molecule has 0 unspecified atom stereocenters. The van der Waals surface area contributed by atoms with Gasteiger partial charge in [-0.2, -0.15) is 13.2 Å². The molecule has 0 saturated heterocycles. The van der Waals surface area contributed by atoms with E-state index in [0.29, 0.717) is 16.0 Å². The molecular weight excluding hydrogens is 351 g/mol. The molecule has 1 aromatic carbocycles. The second kappa shape index (κ2) is 8.37. The molecule has 0 bridgehead atoms. The Hall–Kier alpha value is -3.03. The number of furan rings is 1. The Balaban J connectivity index is 2.09. The molecule has 138 valence electrons. The summed E-state index contributed by atoms with van der Waals surface area (Å²) in [7, 11) is 1.25. The normalized spacial score (nSPS) is 11.5. The summed E-state index contributed by atoms with van der Waals surface area (Å²) in [5, 5.41) is 0. The minimum Gasteiger partial charge on any atom is -0.467 e. The summed E-state index contributed by atoms with van der Waals surface area (Å²) < 4.78 is 47.7. The van der Waals surface area contributed by atoms with Crippen molar-refractivity contribution in [3.8, 4) is 0 Å². The number of nitrogens with zero attached hydrogens (tertiary/aromatic N) is 1. The van der Waals surface area contributed by atoms with Gasteiger partial charge in [0.1, 0.15) is 12.3 Å². The van der Waals surface area contributed by atoms with Gasteiger partial charge in [-0.15, -0.1) is 0 Å². The molecule has 8 heteroatoms. The quantitative estimate of drug-likeness (QED) is 0.577. The number of esters is 1. The van der Waals surface area contributed by atoms with Gasteiger partial charge in [0.25, 0.3) is 0 Å². The average Bonchev–Trinajstić information content (AvgIpc) is 3.10. The minimum atomic E-state index is -4.53. The van der Waals surface area contributed by atoms with E-state index < -0.39 is 24.6 Å². The number of carbonyl (C=O) groups is 2. The van der Waals surface area contributed by atoms with Crippen molar-refractivity contribution < 1.29 is 31.9 Å². The number of ether oxygens (including phenoxy) is 1. The lowest BCUT2D eigenvalue weighted by molar-refractivity contribution is -0.159. The number of amides is 1. The first kappa shape index (κ1) is 19.3. The second-order valence-electron chi connectivity index (χ2n) is 5.34. The highest BCUT2D eigenvalue weighted by Crippen LogP contribution is 2.19. The molecule has 26 heavy (non-hydrogen) atoms. The summed E-state index contributed by atoms with van der Waals surface area (Å²) >= 11 is 0. The van der Waals surface area contributed by atoms with Crippen LogP contribution in [0.15, 0.2) is 53.2 Å². The van der Waals surface area contributed by atoms with Crippen molar-refractivity contribution in [2.24, 2.45) is 0 Å². The van der Waals surface area contributed by atoms with E-state index >= 15 is 0 Å². The smallest absolute Gasteiger partial charge is 0.406 e. The van der Waals surface area contributed by atoms with Crippen molar-refractivity contribution in [3.05, 3.63) is 65.6 Å². The predicted molar refractivity (Wildman–Crippen MR) is 87.0 cm³/mol. The molecule has 0 radical (unpaired) electrons. The zero-order valence-electron chi connectivity index (χ0n) is 13.8. The Bertz CT molecular complexity index is 765. The van der Waals surface area contributed by atoms with Crippen LogP contribution in [0.5, 0.6) is 0 Å². The van der Waals surface area contributed by atoms with E-state index in [4.69, 9.17) is 4.42 Å². The first-order valence-corrected chi connectivity index (χ1v) is 7.53. The van der Waals surface area contributed by atoms with E-state index in [0.717, 1.165) is 6.08 Å². The van der Waals surface area contributed by atoms with Gasteiger partial charge in [0.15, 0.2) is 0 Å². The summed E-state index contributed by atoms with van der Waals surface area (Å²) in [5.41, 5.74) is 0.878. The number of hydrogen-bond acceptors (Lipinski definition) is 4. The van der Waals surface area contributed by atoms with E-state index in [1.165, 1.54) is 43.7 Å². The summed E-state index contributed by atoms with van der Waals surface area (Å²) in [4.78, 5) is 24.2. The van der Waals surface area contributed by atoms with Crippen LogP contribution in [0.3, 0.4) is 0 Å². The van der Waals surface area contributed by atoms with Gasteiger partial charge in [0.2, 0.25) is 5.91 Å². The van der Waals surface area contributed by atoms with Gasteiger partial charge in [0, 0.05) is 6.08 Å². The van der Waals surface area contributed by atoms with Gasteiger partial charge in [0.05, 0.1) is 25.5 Å². The highest BCUT2D eigenvalue weighted by Gasteiger charge is 2.32. The van der Waals surface area contributed by atoms with E-state index in [1.807, 2.05) is 0 Å². The highest BCUT2D eigenvalue weighted by atomic mass is 19.4. The molecule has 0 spiro atoms. The molecule has 0 aliphatic rings. The fraction of sp³-hybridized carbons (Fsp3) is 0.222. The topological polar surface area (TPSA) is 59.8 Å². The largest absolute Gasteiger partial charge is 0.467 e. The van der Waals surface area contributed by atoms with Crippen LogP contribution in [0.2, 0.25) is 0 Å². The molecule has 2 rings (SSSR count). The zero-order chi connectivity index (χ0) is 19.2. The first-order valence-electron chi connectivity index (χ1n) is 7.53. The molecule has 1 amide bonds. The number of halogens is 3. The maximum Gasteiger partial charge on any atom is 0.406 e. The van der Waals surface area contributed by atoms with Crippen molar-refractivity contribution in [2.45, 2.75) is 12.7 Å². The van der Waals surface area contributed by atoms with E-state index in [1.54, 1.807) is 12.1 Å². The zero-order valence-corrected chi connectivity index (χ0v) is 13.8. The van der Waals surface area contributed by atoms with Gasteiger partial charge in [-0.25, -0.2) is 4.79 Å². The number of carbonyl (C=O) groups excluding carboxylic acids is 2. The third-order valence-corrected chi connectivity index (χ3v) is 3.36. The Kier molecular flexibility index (Phi) is 6.21. The van der Waals surface area contributed by atoms with Crippen LogP contribution in [0.4, 0.5) is 13.2 Å². The maximum atomic E-state index is 12.7. The molecule has 0 aliphatic carbocycles. The fourth-order valence-corrected chi connectivity index (χ4v) is 2.14. The Labute approximate surface area is 147 Å². The number of alkyl halides is 3. The SMILES string of the molecule is COC(=O)c1ccc(/C=C/C(=O)N(Cc2ccco2)CC(F)(F)F)cc1. The first-order chi connectivity index (χ1) is 12.3. The van der Waals surface area contributed by atoms with Gasteiger partial charge in [-0.1, -0.05) is 12.1 Å². The standard InChI is InChI=1S/C18H16F3NO4/c1-25-17(24)14-7-4-13(5-8-14)6-9-16(23)22(12-18(19,20)21)11-15-3-2-10-26-15/h2-10H,11-12H2,1H3/b9-6+. The van der Waals surface area contributed by atoms with Crippen LogP contribution >= 0.6 is 0 Å². The summed E-state index contributed by atoms with van der Waals surface area (Å²) in [6.45, 7) is -1.69. The molecule has 0 aliphatic heterocycles. The number of hydrogen-bond donors (Lipinski definition) is 0. The van der Waals surface area contributed by atoms with Gasteiger partial charge >= 0.3 is 12.1 Å². The van der Waals surface area contributed by atoms with Gasteiger partial charge in [-0.05, 0) is 35.9 Å². The maximum absolute atomic E-state index is 12.7. The molecule has 1 aromatic heterocycles. The molecule has 5 nitrogen and oxygen atoms in total. The summed E-state index contributed by atoms with van der Waals surface area (Å²) in [6, 6.07) is 9.11. The third kappa shape index (κ3) is 5.80. The number of benzene rings is 1. The minimum absolute atomic E-state index is 0.249. The van der Waals surface area contributed by atoms with Gasteiger partial charge in [-0.3, -0.25) is 4.79 Å². The Morgan fingerprint density at radius 3 is 2.42 bits per heavy atom. The van der Waals surface area contributed by atoms with E-state index in [-0.39, 0.29) is 12.3 Å². The fourth-order valence-electron chi connectivity index (χ4n) is 2.14. The van der Waals surface area contributed by atoms with Crippen molar-refractivity contribution in [2.75, 3.05) is 13.7 Å². The predicted octanol–water partition coefficient (Wildman–Crippen LogP) is 3.67. The lowest BCUT2D eigenvalue weighted by atomic mass is 10.1. The second-order valence-corrected chi connectivity index (χ2v) is 5.34. The van der Waals surface area contributed by atoms with Gasteiger partial charge < -0.3 is 14.1 Å². The highest BCUT2D eigenvalue weighted by molar-refractivity contribution is 5.92. The summed E-state index contributed by atoms with van der Waals surface area (Å²) in [5.74, 6) is -1.07.